The number of nitro benzene ring substituents is 1. The Hall–Kier alpha value is -2.42. The Morgan fingerprint density at radius 3 is 2.48 bits per heavy atom. The Morgan fingerprint density at radius 2 is 1.95 bits per heavy atom. The highest BCUT2D eigenvalue weighted by molar-refractivity contribution is 7.92. The molecule has 0 saturated carbocycles. The number of hydrogen-bond acceptors (Lipinski definition) is 5. The Labute approximate surface area is 121 Å². The van der Waals surface area contributed by atoms with Crippen LogP contribution in [0.2, 0.25) is 0 Å². The van der Waals surface area contributed by atoms with Gasteiger partial charge in [-0.15, -0.1) is 0 Å². The summed E-state index contributed by atoms with van der Waals surface area (Å²) in [6.07, 6.45) is 1.40. The first-order valence-corrected chi connectivity index (χ1v) is 7.49. The smallest absolute Gasteiger partial charge is 0.264 e. The summed E-state index contributed by atoms with van der Waals surface area (Å²) >= 11 is 0. The summed E-state index contributed by atoms with van der Waals surface area (Å²) in [6, 6.07) is 2.94. The topological polar surface area (TPSA) is 118 Å². The number of hydrogen-bond donors (Lipinski definition) is 2. The molecule has 0 amide bonds. The molecule has 2 aromatic rings. The van der Waals surface area contributed by atoms with Crippen molar-refractivity contribution in [1.29, 1.82) is 0 Å². The van der Waals surface area contributed by atoms with Crippen LogP contribution in [-0.4, -0.2) is 23.5 Å². The molecule has 1 aromatic heterocycles. The number of nitro groups is 1. The largest absolute Gasteiger partial charge is 0.276 e. The Balaban J connectivity index is 2.63. The molecule has 1 heterocycles. The molecule has 0 unspecified atom stereocenters. The molecular formula is C12H14N4O4S. The zero-order valence-electron chi connectivity index (χ0n) is 11.7. The SMILES string of the molecule is Cc1cc(C)c(S(=O)(=O)Nc2ccn[nH]2)c(C)c1[N+](=O)[O-]. The number of aryl methyl sites for hydroxylation is 2. The van der Waals surface area contributed by atoms with E-state index in [2.05, 4.69) is 14.9 Å². The van der Waals surface area contributed by atoms with Gasteiger partial charge in [0.25, 0.3) is 15.7 Å². The molecule has 0 radical (unpaired) electrons. The maximum atomic E-state index is 12.4. The predicted octanol–water partition coefficient (Wildman–Crippen LogP) is 2.04. The van der Waals surface area contributed by atoms with E-state index in [1.807, 2.05) is 0 Å². The van der Waals surface area contributed by atoms with Crippen molar-refractivity contribution in [1.82, 2.24) is 10.2 Å². The lowest BCUT2D eigenvalue weighted by molar-refractivity contribution is -0.386. The van der Waals surface area contributed by atoms with Crippen molar-refractivity contribution in [2.45, 2.75) is 25.7 Å². The summed E-state index contributed by atoms with van der Waals surface area (Å²) in [6.45, 7) is 4.61. The van der Waals surface area contributed by atoms with E-state index in [1.54, 1.807) is 13.8 Å². The van der Waals surface area contributed by atoms with Crippen LogP contribution < -0.4 is 4.72 Å². The zero-order valence-corrected chi connectivity index (χ0v) is 12.5. The van der Waals surface area contributed by atoms with Gasteiger partial charge in [0.05, 0.1) is 11.1 Å². The van der Waals surface area contributed by atoms with E-state index >= 15 is 0 Å². The highest BCUT2D eigenvalue weighted by Gasteiger charge is 2.27. The lowest BCUT2D eigenvalue weighted by Gasteiger charge is -2.13. The fraction of sp³-hybridized carbons (Fsp3) is 0.250. The maximum absolute atomic E-state index is 12.4. The number of aromatic amines is 1. The summed E-state index contributed by atoms with van der Waals surface area (Å²) in [7, 11) is -3.94. The first-order valence-electron chi connectivity index (χ1n) is 6.01. The van der Waals surface area contributed by atoms with Crippen LogP contribution in [0.15, 0.2) is 23.2 Å². The van der Waals surface area contributed by atoms with E-state index in [-0.39, 0.29) is 22.0 Å². The number of nitrogens with one attached hydrogen (secondary N) is 2. The minimum Gasteiger partial charge on any atom is -0.264 e. The Morgan fingerprint density at radius 1 is 1.29 bits per heavy atom. The second-order valence-corrected chi connectivity index (χ2v) is 6.27. The summed E-state index contributed by atoms with van der Waals surface area (Å²) in [5.41, 5.74) is 0.799. The molecule has 0 aliphatic rings. The zero-order chi connectivity index (χ0) is 15.8. The van der Waals surface area contributed by atoms with Crippen molar-refractivity contribution in [3.05, 3.63) is 45.1 Å². The highest BCUT2D eigenvalue weighted by Crippen LogP contribution is 2.32. The normalized spacial score (nSPS) is 11.4. The van der Waals surface area contributed by atoms with Gasteiger partial charge >= 0.3 is 0 Å². The number of aromatic nitrogens is 2. The number of benzene rings is 1. The number of H-pyrrole nitrogens is 1. The third-order valence-corrected chi connectivity index (χ3v) is 4.71. The van der Waals surface area contributed by atoms with Gasteiger partial charge in [0.1, 0.15) is 10.7 Å². The molecule has 112 valence electrons. The number of anilines is 1. The molecule has 0 aliphatic carbocycles. The van der Waals surface area contributed by atoms with Crippen molar-refractivity contribution in [3.63, 3.8) is 0 Å². The molecule has 0 bridgehead atoms. The average molecular weight is 310 g/mol. The van der Waals surface area contributed by atoms with Crippen LogP contribution in [0.3, 0.4) is 0 Å². The Bertz CT molecular complexity index is 797. The number of nitrogens with zero attached hydrogens (tertiary/aromatic N) is 2. The van der Waals surface area contributed by atoms with Crippen LogP contribution in [-0.2, 0) is 10.0 Å². The minimum atomic E-state index is -3.94. The fourth-order valence-electron chi connectivity index (χ4n) is 2.36. The van der Waals surface area contributed by atoms with Crippen LogP contribution >= 0.6 is 0 Å². The molecule has 2 N–H and O–H groups in total. The second kappa shape index (κ2) is 5.17. The second-order valence-electron chi connectivity index (χ2n) is 4.65. The van der Waals surface area contributed by atoms with Gasteiger partial charge in [0.2, 0.25) is 0 Å². The predicted molar refractivity (Wildman–Crippen MR) is 76.7 cm³/mol. The van der Waals surface area contributed by atoms with Gasteiger partial charge in [0.15, 0.2) is 0 Å². The molecule has 0 spiro atoms. The molecule has 0 saturated heterocycles. The van der Waals surface area contributed by atoms with Gasteiger partial charge in [-0.1, -0.05) is 0 Å². The first-order chi connectivity index (χ1) is 9.74. The minimum absolute atomic E-state index is 0.0885. The van der Waals surface area contributed by atoms with Crippen molar-refractivity contribution < 1.29 is 13.3 Å². The van der Waals surface area contributed by atoms with Crippen LogP contribution in [0.5, 0.6) is 0 Å². The lowest BCUT2D eigenvalue weighted by atomic mass is 10.1. The first kappa shape index (κ1) is 15.0. The molecule has 8 nitrogen and oxygen atoms in total. The van der Waals surface area contributed by atoms with Gasteiger partial charge in [-0.3, -0.25) is 19.9 Å². The Kier molecular flexibility index (Phi) is 3.69. The lowest BCUT2D eigenvalue weighted by Crippen LogP contribution is -2.17. The van der Waals surface area contributed by atoms with Crippen molar-refractivity contribution in [2.75, 3.05) is 4.72 Å². The molecule has 9 heteroatoms. The summed E-state index contributed by atoms with van der Waals surface area (Å²) in [5, 5.41) is 17.2. The van der Waals surface area contributed by atoms with E-state index < -0.39 is 14.9 Å². The number of sulfonamides is 1. The average Bonchev–Trinajstić information content (AvgIpc) is 2.78. The molecule has 0 aliphatic heterocycles. The highest BCUT2D eigenvalue weighted by atomic mass is 32.2. The molecule has 2 rings (SSSR count). The quantitative estimate of drug-likeness (QED) is 0.661. The molecule has 1 aromatic carbocycles. The van der Waals surface area contributed by atoms with E-state index in [1.165, 1.54) is 25.3 Å². The van der Waals surface area contributed by atoms with E-state index in [0.29, 0.717) is 11.1 Å². The third-order valence-electron chi connectivity index (χ3n) is 3.06. The van der Waals surface area contributed by atoms with Gasteiger partial charge in [-0.25, -0.2) is 8.42 Å². The summed E-state index contributed by atoms with van der Waals surface area (Å²) in [4.78, 5) is 10.5. The van der Waals surface area contributed by atoms with Crippen LogP contribution in [0.4, 0.5) is 11.5 Å². The third kappa shape index (κ3) is 2.72. The summed E-state index contributed by atoms with van der Waals surface area (Å²) < 4.78 is 27.2. The van der Waals surface area contributed by atoms with Crippen LogP contribution in [0, 0.1) is 30.9 Å². The van der Waals surface area contributed by atoms with Gasteiger partial charge < -0.3 is 0 Å². The molecule has 21 heavy (non-hydrogen) atoms. The van der Waals surface area contributed by atoms with Gasteiger partial charge in [-0.2, -0.15) is 5.10 Å². The van der Waals surface area contributed by atoms with Crippen molar-refractivity contribution >= 4 is 21.5 Å². The maximum Gasteiger partial charge on any atom is 0.276 e. The van der Waals surface area contributed by atoms with E-state index in [4.69, 9.17) is 0 Å². The van der Waals surface area contributed by atoms with Crippen molar-refractivity contribution in [2.24, 2.45) is 0 Å². The fourth-order valence-corrected chi connectivity index (χ4v) is 3.85. The monoisotopic (exact) mass is 310 g/mol. The van der Waals surface area contributed by atoms with E-state index in [9.17, 15) is 18.5 Å². The van der Waals surface area contributed by atoms with E-state index in [0.717, 1.165) is 0 Å². The van der Waals surface area contributed by atoms with Crippen LogP contribution in [0.1, 0.15) is 16.7 Å². The van der Waals surface area contributed by atoms with Gasteiger partial charge in [0, 0.05) is 17.2 Å². The standard InChI is InChI=1S/C12H14N4O4S/c1-7-6-8(2)12(9(3)11(7)16(17)18)21(19,20)15-10-4-5-13-14-10/h4-6H,1-3H3,(H2,13,14,15). The summed E-state index contributed by atoms with van der Waals surface area (Å²) in [5.74, 6) is 0.192. The molecule has 0 atom stereocenters. The van der Waals surface area contributed by atoms with Crippen molar-refractivity contribution in [3.8, 4) is 0 Å². The van der Waals surface area contributed by atoms with Crippen LogP contribution in [0.25, 0.3) is 0 Å². The molecule has 0 fully saturated rings. The van der Waals surface area contributed by atoms with Gasteiger partial charge in [-0.05, 0) is 32.4 Å². The molecular weight excluding hydrogens is 296 g/mol. The number of rotatable bonds is 4.